The first-order chi connectivity index (χ1) is 11.1. The molecule has 0 saturated heterocycles. The Morgan fingerprint density at radius 2 is 2.00 bits per heavy atom. The van der Waals surface area contributed by atoms with E-state index in [1.165, 1.54) is 0 Å². The van der Waals surface area contributed by atoms with Crippen molar-refractivity contribution in [2.24, 2.45) is 0 Å². The van der Waals surface area contributed by atoms with Crippen molar-refractivity contribution >= 4 is 17.2 Å². The average molecular weight is 330 g/mol. The number of nitrogens with zero attached hydrogens (tertiary/aromatic N) is 1. The van der Waals surface area contributed by atoms with Gasteiger partial charge in [-0.1, -0.05) is 25.0 Å². The first kappa shape index (κ1) is 16.0. The van der Waals surface area contributed by atoms with Crippen molar-refractivity contribution in [2.75, 3.05) is 7.11 Å². The summed E-state index contributed by atoms with van der Waals surface area (Å²) in [6.45, 7) is 2.00. The van der Waals surface area contributed by atoms with Crippen LogP contribution in [0.1, 0.15) is 41.9 Å². The summed E-state index contributed by atoms with van der Waals surface area (Å²) in [7, 11) is 1.64. The van der Waals surface area contributed by atoms with E-state index >= 15 is 0 Å². The maximum absolute atomic E-state index is 12.5. The predicted molar refractivity (Wildman–Crippen MR) is 91.8 cm³/mol. The molecule has 0 spiro atoms. The molecule has 0 unspecified atom stereocenters. The lowest BCUT2D eigenvalue weighted by molar-refractivity contribution is -0.122. The summed E-state index contributed by atoms with van der Waals surface area (Å²) in [5.74, 6) is 0.865. The van der Waals surface area contributed by atoms with Crippen LogP contribution in [-0.2, 0) is 16.8 Å². The van der Waals surface area contributed by atoms with E-state index in [4.69, 9.17) is 4.74 Å². The van der Waals surface area contributed by atoms with Gasteiger partial charge in [-0.2, -0.15) is 0 Å². The number of carbonyl (C=O) groups excluding carboxylic acids is 1. The summed E-state index contributed by atoms with van der Waals surface area (Å²) in [4.78, 5) is 17.2. The quantitative estimate of drug-likeness (QED) is 0.911. The molecule has 0 radical (unpaired) electrons. The van der Waals surface area contributed by atoms with Crippen molar-refractivity contribution < 1.29 is 9.53 Å². The van der Waals surface area contributed by atoms with Gasteiger partial charge in [0.1, 0.15) is 10.8 Å². The zero-order valence-corrected chi connectivity index (χ0v) is 14.4. The van der Waals surface area contributed by atoms with E-state index in [1.54, 1.807) is 18.4 Å². The second-order valence-corrected chi connectivity index (χ2v) is 7.01. The highest BCUT2D eigenvalue weighted by Gasteiger charge is 2.39. The topological polar surface area (TPSA) is 51.2 Å². The fourth-order valence-electron chi connectivity index (χ4n) is 3.18. The van der Waals surface area contributed by atoms with Crippen molar-refractivity contribution in [1.29, 1.82) is 0 Å². The molecule has 1 heterocycles. The van der Waals surface area contributed by atoms with Gasteiger partial charge in [0.05, 0.1) is 19.1 Å². The van der Waals surface area contributed by atoms with E-state index < -0.39 is 0 Å². The number of aromatic nitrogens is 1. The summed E-state index contributed by atoms with van der Waals surface area (Å²) in [6.07, 6.45) is 4.63. The van der Waals surface area contributed by atoms with Crippen LogP contribution in [0.2, 0.25) is 0 Å². The molecule has 122 valence electrons. The fourth-order valence-corrected chi connectivity index (χ4v) is 4.20. The van der Waals surface area contributed by atoms with Crippen LogP contribution in [0.25, 0.3) is 0 Å². The summed E-state index contributed by atoms with van der Waals surface area (Å²) in [5, 5.41) is 6.39. The van der Waals surface area contributed by atoms with E-state index in [-0.39, 0.29) is 11.4 Å². The minimum atomic E-state index is -0.261. The van der Waals surface area contributed by atoms with Crippen LogP contribution in [0.4, 0.5) is 0 Å². The molecule has 1 aromatic heterocycles. The molecule has 0 aliphatic heterocycles. The van der Waals surface area contributed by atoms with Gasteiger partial charge in [0, 0.05) is 11.1 Å². The highest BCUT2D eigenvalue weighted by molar-refractivity contribution is 7.09. The number of nitrogens with one attached hydrogen (secondary N) is 1. The Labute approximate surface area is 140 Å². The van der Waals surface area contributed by atoms with Crippen LogP contribution in [0.15, 0.2) is 29.6 Å². The Balaban J connectivity index is 1.71. The van der Waals surface area contributed by atoms with Crippen LogP contribution >= 0.6 is 11.3 Å². The Bertz CT molecular complexity index is 673. The lowest BCUT2D eigenvalue weighted by Gasteiger charge is -2.28. The lowest BCUT2D eigenvalue weighted by Crippen LogP contribution is -2.44. The summed E-state index contributed by atoms with van der Waals surface area (Å²) < 4.78 is 5.15. The number of ether oxygens (including phenoxy) is 1. The lowest BCUT2D eigenvalue weighted by atomic mass is 9.97. The number of hydrogen-bond acceptors (Lipinski definition) is 4. The molecule has 5 heteroatoms. The third-order valence-corrected chi connectivity index (χ3v) is 5.55. The highest BCUT2D eigenvalue weighted by atomic mass is 32.1. The monoisotopic (exact) mass is 330 g/mol. The number of rotatable bonds is 5. The molecule has 1 saturated carbocycles. The molecule has 1 fully saturated rings. The highest BCUT2D eigenvalue weighted by Crippen LogP contribution is 2.40. The molecule has 1 aromatic carbocycles. The fraction of sp³-hybridized carbons (Fsp3) is 0.444. The second-order valence-electron chi connectivity index (χ2n) is 6.16. The molecule has 1 N–H and O–H groups in total. The molecular weight excluding hydrogens is 308 g/mol. The van der Waals surface area contributed by atoms with E-state index in [9.17, 15) is 4.79 Å². The van der Waals surface area contributed by atoms with Gasteiger partial charge in [-0.3, -0.25) is 4.79 Å². The number of hydrogen-bond donors (Lipinski definition) is 1. The molecule has 4 nitrogen and oxygen atoms in total. The van der Waals surface area contributed by atoms with Crippen molar-refractivity contribution in [3.05, 3.63) is 45.9 Å². The molecule has 0 bridgehead atoms. The molecule has 2 aromatic rings. The van der Waals surface area contributed by atoms with Crippen LogP contribution in [0, 0.1) is 6.92 Å². The van der Waals surface area contributed by atoms with Gasteiger partial charge in [0.25, 0.3) is 0 Å². The number of benzene rings is 1. The van der Waals surface area contributed by atoms with Gasteiger partial charge in [-0.05, 0) is 37.5 Å². The van der Waals surface area contributed by atoms with E-state index in [2.05, 4.69) is 15.7 Å². The van der Waals surface area contributed by atoms with Crippen LogP contribution < -0.4 is 10.1 Å². The normalized spacial score (nSPS) is 16.3. The van der Waals surface area contributed by atoms with Gasteiger partial charge in [-0.15, -0.1) is 11.3 Å². The summed E-state index contributed by atoms with van der Waals surface area (Å²) in [5.41, 5.74) is 1.76. The van der Waals surface area contributed by atoms with Crippen molar-refractivity contribution in [3.8, 4) is 5.75 Å². The number of methoxy groups -OCH3 is 1. The van der Waals surface area contributed by atoms with E-state index in [1.807, 2.05) is 31.2 Å². The number of thiazole rings is 1. The smallest absolute Gasteiger partial charge is 0.225 e. The maximum atomic E-state index is 12.5. The molecule has 1 amide bonds. The van der Waals surface area contributed by atoms with Gasteiger partial charge in [0.15, 0.2) is 0 Å². The largest absolute Gasteiger partial charge is 0.497 e. The zero-order chi connectivity index (χ0) is 16.3. The number of amides is 1. The van der Waals surface area contributed by atoms with Crippen molar-refractivity contribution in [2.45, 2.75) is 44.6 Å². The van der Waals surface area contributed by atoms with Crippen molar-refractivity contribution in [3.63, 3.8) is 0 Å². The second kappa shape index (κ2) is 6.71. The minimum absolute atomic E-state index is 0.0601. The maximum Gasteiger partial charge on any atom is 0.225 e. The minimum Gasteiger partial charge on any atom is -0.497 e. The predicted octanol–water partition coefficient (Wildman–Crippen LogP) is 3.59. The van der Waals surface area contributed by atoms with Crippen molar-refractivity contribution in [1.82, 2.24) is 10.3 Å². The van der Waals surface area contributed by atoms with Gasteiger partial charge >= 0.3 is 0 Å². The Kier molecular flexibility index (Phi) is 4.66. The Morgan fingerprint density at radius 3 is 2.57 bits per heavy atom. The van der Waals surface area contributed by atoms with E-state index in [0.29, 0.717) is 6.42 Å². The Morgan fingerprint density at radius 1 is 1.30 bits per heavy atom. The molecule has 0 atom stereocenters. The first-order valence-corrected chi connectivity index (χ1v) is 8.86. The standard InChI is InChI=1S/C18H22N2O2S/c1-13-12-23-17(19-13)18(9-3-4-10-18)20-16(21)11-14-5-7-15(22-2)8-6-14/h5-8,12H,3-4,9-11H2,1-2H3,(H,20,21). The van der Waals surface area contributed by atoms with E-state index in [0.717, 1.165) is 47.7 Å². The third-order valence-electron chi connectivity index (χ3n) is 4.39. The molecule has 1 aliphatic carbocycles. The van der Waals surface area contributed by atoms with Gasteiger partial charge in [0.2, 0.25) is 5.91 Å². The van der Waals surface area contributed by atoms with Crippen LogP contribution in [0.5, 0.6) is 5.75 Å². The summed E-state index contributed by atoms with van der Waals surface area (Å²) >= 11 is 1.66. The molecule has 3 rings (SSSR count). The first-order valence-electron chi connectivity index (χ1n) is 7.98. The van der Waals surface area contributed by atoms with Crippen LogP contribution in [-0.4, -0.2) is 18.0 Å². The Hall–Kier alpha value is -1.88. The molecule has 1 aliphatic rings. The number of aryl methyl sites for hydroxylation is 1. The molecular formula is C18H22N2O2S. The number of carbonyl (C=O) groups is 1. The third kappa shape index (κ3) is 3.55. The molecule has 23 heavy (non-hydrogen) atoms. The average Bonchev–Trinajstić information content (AvgIpc) is 3.18. The van der Waals surface area contributed by atoms with Gasteiger partial charge in [-0.25, -0.2) is 4.98 Å². The zero-order valence-electron chi connectivity index (χ0n) is 13.6. The summed E-state index contributed by atoms with van der Waals surface area (Å²) in [6, 6.07) is 7.65. The van der Waals surface area contributed by atoms with Gasteiger partial charge < -0.3 is 10.1 Å². The SMILES string of the molecule is COc1ccc(CC(=O)NC2(c3nc(C)cs3)CCCC2)cc1. The van der Waals surface area contributed by atoms with Crippen LogP contribution in [0.3, 0.4) is 0 Å².